The van der Waals surface area contributed by atoms with Crippen LogP contribution < -0.4 is 0 Å². The molecule has 1 aromatic rings. The standard InChI is InChI=1S/C19H28O4/c1-14(20)23-17-10-11-19(2,3)18(21-4)16(17)13-22-12-15-8-6-5-7-9-15/h5-9,16-18H,10-13H2,1-4H3/t16-,17+,18+/m0/s1. The number of ether oxygens (including phenoxy) is 3. The molecule has 0 unspecified atom stereocenters. The van der Waals surface area contributed by atoms with E-state index in [4.69, 9.17) is 14.2 Å². The van der Waals surface area contributed by atoms with Gasteiger partial charge >= 0.3 is 5.97 Å². The van der Waals surface area contributed by atoms with Crippen LogP contribution in [0.2, 0.25) is 0 Å². The summed E-state index contributed by atoms with van der Waals surface area (Å²) in [7, 11) is 1.73. The predicted octanol–water partition coefficient (Wildman–Crippen LogP) is 3.59. The van der Waals surface area contributed by atoms with Gasteiger partial charge in [0, 0.05) is 20.0 Å². The van der Waals surface area contributed by atoms with E-state index < -0.39 is 0 Å². The molecule has 3 atom stereocenters. The van der Waals surface area contributed by atoms with Gasteiger partial charge in [0.15, 0.2) is 0 Å². The van der Waals surface area contributed by atoms with Crippen LogP contribution in [-0.2, 0) is 25.6 Å². The monoisotopic (exact) mass is 320 g/mol. The van der Waals surface area contributed by atoms with Gasteiger partial charge in [-0.05, 0) is 23.8 Å². The molecule has 128 valence electrons. The smallest absolute Gasteiger partial charge is 0.302 e. The fourth-order valence-electron chi connectivity index (χ4n) is 3.58. The summed E-state index contributed by atoms with van der Waals surface area (Å²) in [6.07, 6.45) is 1.70. The lowest BCUT2D eigenvalue weighted by atomic mass is 9.68. The molecule has 4 nitrogen and oxygen atoms in total. The fraction of sp³-hybridized carbons (Fsp3) is 0.632. The van der Waals surface area contributed by atoms with Gasteiger partial charge in [-0.2, -0.15) is 0 Å². The van der Waals surface area contributed by atoms with E-state index in [1.165, 1.54) is 6.92 Å². The number of esters is 1. The molecule has 0 aromatic heterocycles. The summed E-state index contributed by atoms with van der Waals surface area (Å²) in [6.45, 7) is 6.95. The second-order valence-corrected chi connectivity index (χ2v) is 7.00. The molecule has 23 heavy (non-hydrogen) atoms. The van der Waals surface area contributed by atoms with Crippen LogP contribution in [-0.4, -0.2) is 31.9 Å². The highest BCUT2D eigenvalue weighted by molar-refractivity contribution is 5.66. The van der Waals surface area contributed by atoms with E-state index in [1.807, 2.05) is 30.3 Å². The summed E-state index contributed by atoms with van der Waals surface area (Å²) < 4.78 is 17.2. The molecule has 1 saturated carbocycles. The Kier molecular flexibility index (Phi) is 6.19. The van der Waals surface area contributed by atoms with E-state index in [0.717, 1.165) is 18.4 Å². The summed E-state index contributed by atoms with van der Waals surface area (Å²) >= 11 is 0. The summed E-state index contributed by atoms with van der Waals surface area (Å²) in [5.41, 5.74) is 1.19. The minimum absolute atomic E-state index is 0.0105. The highest BCUT2D eigenvalue weighted by Gasteiger charge is 2.45. The summed E-state index contributed by atoms with van der Waals surface area (Å²) in [5.74, 6) is -0.186. The van der Waals surface area contributed by atoms with Crippen molar-refractivity contribution < 1.29 is 19.0 Å². The van der Waals surface area contributed by atoms with E-state index in [1.54, 1.807) is 7.11 Å². The van der Waals surface area contributed by atoms with Crippen LogP contribution in [0.1, 0.15) is 39.2 Å². The second kappa shape index (κ2) is 7.93. The van der Waals surface area contributed by atoms with Crippen LogP contribution in [0.4, 0.5) is 0 Å². The third kappa shape index (κ3) is 4.79. The van der Waals surface area contributed by atoms with Crippen LogP contribution in [0.25, 0.3) is 0 Å². The fourth-order valence-corrected chi connectivity index (χ4v) is 3.58. The SMILES string of the molecule is CO[C@@H]1[C@@H](COCc2ccccc2)[C@H](OC(C)=O)CCC1(C)C. The van der Waals surface area contributed by atoms with Crippen LogP contribution in [0.15, 0.2) is 30.3 Å². The number of benzene rings is 1. The molecular weight excluding hydrogens is 292 g/mol. The largest absolute Gasteiger partial charge is 0.462 e. The number of rotatable bonds is 6. The molecule has 0 amide bonds. The molecule has 0 saturated heterocycles. The summed E-state index contributed by atoms with van der Waals surface area (Å²) in [6, 6.07) is 10.1. The first-order chi connectivity index (χ1) is 10.9. The minimum atomic E-state index is -0.238. The Bertz CT molecular complexity index is 497. The molecule has 2 rings (SSSR count). The zero-order chi connectivity index (χ0) is 16.9. The number of hydrogen-bond acceptors (Lipinski definition) is 4. The van der Waals surface area contributed by atoms with E-state index in [-0.39, 0.29) is 29.5 Å². The Morgan fingerprint density at radius 2 is 1.96 bits per heavy atom. The van der Waals surface area contributed by atoms with Crippen LogP contribution in [0.3, 0.4) is 0 Å². The Morgan fingerprint density at radius 1 is 1.26 bits per heavy atom. The van der Waals surface area contributed by atoms with Crippen molar-refractivity contribution in [2.75, 3.05) is 13.7 Å². The van der Waals surface area contributed by atoms with Gasteiger partial charge in [0.05, 0.1) is 19.3 Å². The van der Waals surface area contributed by atoms with Gasteiger partial charge in [0.2, 0.25) is 0 Å². The van der Waals surface area contributed by atoms with Gasteiger partial charge in [0.25, 0.3) is 0 Å². The zero-order valence-corrected chi connectivity index (χ0v) is 14.6. The number of carbonyl (C=O) groups excluding carboxylic acids is 1. The summed E-state index contributed by atoms with van der Waals surface area (Å²) in [5, 5.41) is 0. The van der Waals surface area contributed by atoms with Crippen molar-refractivity contribution in [3.05, 3.63) is 35.9 Å². The van der Waals surface area contributed by atoms with Gasteiger partial charge in [-0.3, -0.25) is 4.79 Å². The Hall–Kier alpha value is -1.39. The molecule has 0 bridgehead atoms. The lowest BCUT2D eigenvalue weighted by Crippen LogP contribution is -2.50. The van der Waals surface area contributed by atoms with Crippen molar-refractivity contribution in [3.8, 4) is 0 Å². The third-order valence-electron chi connectivity index (χ3n) is 4.70. The third-order valence-corrected chi connectivity index (χ3v) is 4.70. The van der Waals surface area contributed by atoms with Crippen molar-refractivity contribution in [1.82, 2.24) is 0 Å². The van der Waals surface area contributed by atoms with Crippen molar-refractivity contribution in [2.45, 2.75) is 52.4 Å². The van der Waals surface area contributed by atoms with Crippen LogP contribution >= 0.6 is 0 Å². The minimum Gasteiger partial charge on any atom is -0.462 e. The van der Waals surface area contributed by atoms with Gasteiger partial charge in [-0.15, -0.1) is 0 Å². The van der Waals surface area contributed by atoms with E-state index in [0.29, 0.717) is 13.2 Å². The van der Waals surface area contributed by atoms with Gasteiger partial charge in [-0.25, -0.2) is 0 Å². The van der Waals surface area contributed by atoms with E-state index in [9.17, 15) is 4.79 Å². The Morgan fingerprint density at radius 3 is 2.57 bits per heavy atom. The average molecular weight is 320 g/mol. The molecule has 1 fully saturated rings. The molecule has 0 aliphatic heterocycles. The lowest BCUT2D eigenvalue weighted by molar-refractivity contribution is -0.172. The highest BCUT2D eigenvalue weighted by Crippen LogP contribution is 2.42. The summed E-state index contributed by atoms with van der Waals surface area (Å²) in [4.78, 5) is 11.4. The average Bonchev–Trinajstić information content (AvgIpc) is 2.50. The number of carbonyl (C=O) groups is 1. The maximum absolute atomic E-state index is 11.4. The first kappa shape index (κ1) is 18.0. The Labute approximate surface area is 139 Å². The first-order valence-corrected chi connectivity index (χ1v) is 8.25. The van der Waals surface area contributed by atoms with Crippen molar-refractivity contribution in [3.63, 3.8) is 0 Å². The molecular formula is C19H28O4. The molecule has 1 aromatic carbocycles. The van der Waals surface area contributed by atoms with Gasteiger partial charge < -0.3 is 14.2 Å². The molecule has 0 N–H and O–H groups in total. The highest BCUT2D eigenvalue weighted by atomic mass is 16.5. The first-order valence-electron chi connectivity index (χ1n) is 8.25. The number of hydrogen-bond donors (Lipinski definition) is 0. The second-order valence-electron chi connectivity index (χ2n) is 7.00. The maximum atomic E-state index is 11.4. The maximum Gasteiger partial charge on any atom is 0.302 e. The number of methoxy groups -OCH3 is 1. The normalized spacial score (nSPS) is 26.7. The molecule has 0 radical (unpaired) electrons. The van der Waals surface area contributed by atoms with Gasteiger partial charge in [-0.1, -0.05) is 44.2 Å². The molecule has 1 aliphatic carbocycles. The van der Waals surface area contributed by atoms with Gasteiger partial charge in [0.1, 0.15) is 6.10 Å². The van der Waals surface area contributed by atoms with Crippen molar-refractivity contribution in [1.29, 1.82) is 0 Å². The van der Waals surface area contributed by atoms with E-state index >= 15 is 0 Å². The topological polar surface area (TPSA) is 44.8 Å². The molecule has 1 aliphatic rings. The van der Waals surface area contributed by atoms with Crippen LogP contribution in [0.5, 0.6) is 0 Å². The van der Waals surface area contributed by atoms with E-state index in [2.05, 4.69) is 13.8 Å². The zero-order valence-electron chi connectivity index (χ0n) is 14.6. The quantitative estimate of drug-likeness (QED) is 0.752. The van der Waals surface area contributed by atoms with Crippen molar-refractivity contribution >= 4 is 5.97 Å². The molecule has 0 spiro atoms. The molecule has 0 heterocycles. The molecule has 4 heteroatoms. The predicted molar refractivity (Wildman–Crippen MR) is 89.0 cm³/mol. The van der Waals surface area contributed by atoms with Crippen molar-refractivity contribution in [2.24, 2.45) is 11.3 Å². The van der Waals surface area contributed by atoms with Crippen LogP contribution in [0, 0.1) is 11.3 Å². The lowest BCUT2D eigenvalue weighted by Gasteiger charge is -2.46. The Balaban J connectivity index is 2.02.